The van der Waals surface area contributed by atoms with Gasteiger partial charge in [0.05, 0.1) is 14.4 Å². The number of phosphoric ester groups is 1. The summed E-state index contributed by atoms with van der Waals surface area (Å²) in [6, 6.07) is 9.45. The molecule has 0 atom stereocenters. The molecule has 1 aliphatic heterocycles. The van der Waals surface area contributed by atoms with Crippen LogP contribution in [0.1, 0.15) is 28.9 Å². The Hall–Kier alpha value is -1.30. The SMILES string of the molecule is Cc1c(CN(C)C(=O)/C=C/c2cnc3c(c2)CCC(=O)N3COP(=O)([O-])[O-])oc2ccccc12.[Na+].[Na+]. The van der Waals surface area contributed by atoms with Crippen LogP contribution in [0.3, 0.4) is 0 Å². The Bertz CT molecular complexity index is 1340. The Morgan fingerprint density at radius 1 is 1.28 bits per heavy atom. The molecule has 0 saturated heterocycles. The number of likely N-dealkylation sites (N-methyl/N-ethyl adjacent to an activating group) is 1. The molecule has 13 heteroatoms. The van der Waals surface area contributed by atoms with Crippen molar-refractivity contribution < 1.29 is 92.0 Å². The summed E-state index contributed by atoms with van der Waals surface area (Å²) in [5.74, 6) is 0.318. The van der Waals surface area contributed by atoms with Crippen LogP contribution >= 0.6 is 7.82 Å². The number of pyridine rings is 1. The number of anilines is 1. The van der Waals surface area contributed by atoms with Gasteiger partial charge in [-0.25, -0.2) is 4.98 Å². The minimum atomic E-state index is -5.23. The fourth-order valence-corrected chi connectivity index (χ4v) is 4.02. The molecule has 0 N–H and O–H groups in total. The average Bonchev–Trinajstić information content (AvgIpc) is 3.11. The molecule has 2 amide bonds. The molecule has 178 valence electrons. The summed E-state index contributed by atoms with van der Waals surface area (Å²) in [6.07, 6.45) is 4.99. The van der Waals surface area contributed by atoms with Crippen molar-refractivity contribution in [2.24, 2.45) is 0 Å². The molecule has 1 aromatic carbocycles. The van der Waals surface area contributed by atoms with Gasteiger partial charge in [0.15, 0.2) is 0 Å². The average molecular weight is 529 g/mol. The zero-order valence-corrected chi connectivity index (χ0v) is 25.5. The third kappa shape index (κ3) is 7.39. The van der Waals surface area contributed by atoms with Gasteiger partial charge < -0.3 is 28.2 Å². The standard InChI is InChI=1S/C23H24N3O7P.2Na/c1-15-18-5-3-4-6-19(18)33-20(15)13-25(2)21(27)9-7-16-11-17-8-10-22(28)26(23(17)24-12-16)14-32-34(29,30)31;;/h3-7,9,11-12H,8,10,13-14H2,1-2H3,(H2,29,30,31);;/q;2*+1/p-2/b9-7+;;. The quantitative estimate of drug-likeness (QED) is 0.171. The van der Waals surface area contributed by atoms with E-state index in [4.69, 9.17) is 4.42 Å². The van der Waals surface area contributed by atoms with Crippen molar-refractivity contribution in [3.63, 3.8) is 0 Å². The second kappa shape index (κ2) is 13.0. The molecule has 0 saturated carbocycles. The molecule has 0 spiro atoms. The number of carbonyl (C=O) groups is 2. The fourth-order valence-electron chi connectivity index (χ4n) is 3.76. The Kier molecular flexibility index (Phi) is 11.1. The van der Waals surface area contributed by atoms with Gasteiger partial charge in [0, 0.05) is 36.7 Å². The number of benzene rings is 1. The van der Waals surface area contributed by atoms with Gasteiger partial charge in [-0.2, -0.15) is 0 Å². The molecule has 0 unspecified atom stereocenters. The van der Waals surface area contributed by atoms with E-state index in [1.165, 1.54) is 17.2 Å². The van der Waals surface area contributed by atoms with Gasteiger partial charge in [-0.05, 0) is 42.7 Å². The number of furan rings is 1. The summed E-state index contributed by atoms with van der Waals surface area (Å²) in [7, 11) is -3.55. The van der Waals surface area contributed by atoms with Crippen molar-refractivity contribution >= 4 is 42.5 Å². The predicted octanol–water partition coefficient (Wildman–Crippen LogP) is -4.10. The maximum absolute atomic E-state index is 12.6. The molecule has 0 aliphatic carbocycles. The van der Waals surface area contributed by atoms with Gasteiger partial charge in [0.1, 0.15) is 23.9 Å². The predicted molar refractivity (Wildman–Crippen MR) is 120 cm³/mol. The summed E-state index contributed by atoms with van der Waals surface area (Å²) < 4.78 is 20.9. The molecular weight excluding hydrogens is 507 g/mol. The van der Waals surface area contributed by atoms with E-state index < -0.39 is 20.5 Å². The Morgan fingerprint density at radius 3 is 2.69 bits per heavy atom. The number of phosphoric acid groups is 1. The maximum Gasteiger partial charge on any atom is 1.00 e. The number of amides is 2. The van der Waals surface area contributed by atoms with E-state index in [0.717, 1.165) is 21.4 Å². The van der Waals surface area contributed by atoms with E-state index in [9.17, 15) is 23.9 Å². The molecule has 0 bridgehead atoms. The van der Waals surface area contributed by atoms with E-state index in [1.807, 2.05) is 31.2 Å². The molecule has 2 aromatic heterocycles. The van der Waals surface area contributed by atoms with E-state index in [0.29, 0.717) is 29.9 Å². The fraction of sp³-hybridized carbons (Fsp3) is 0.261. The normalized spacial score (nSPS) is 13.3. The van der Waals surface area contributed by atoms with Gasteiger partial charge in [-0.3, -0.25) is 14.5 Å². The molecule has 3 heterocycles. The van der Waals surface area contributed by atoms with E-state index in [2.05, 4.69) is 9.51 Å². The third-order valence-corrected chi connectivity index (χ3v) is 6.02. The number of hydrogen-bond donors (Lipinski definition) is 0. The minimum Gasteiger partial charge on any atom is -0.790 e. The van der Waals surface area contributed by atoms with E-state index in [-0.39, 0.29) is 77.3 Å². The minimum absolute atomic E-state index is 0. The number of aromatic nitrogens is 1. The molecule has 0 radical (unpaired) electrons. The molecule has 10 nitrogen and oxygen atoms in total. The first-order chi connectivity index (χ1) is 16.1. The van der Waals surface area contributed by atoms with Crippen molar-refractivity contribution in [2.75, 3.05) is 18.7 Å². The van der Waals surface area contributed by atoms with Gasteiger partial charge in [0.2, 0.25) is 11.8 Å². The van der Waals surface area contributed by atoms with Crippen LogP contribution in [0.15, 0.2) is 47.0 Å². The number of para-hydroxylation sites is 1. The van der Waals surface area contributed by atoms with Crippen LogP contribution in [0.25, 0.3) is 17.0 Å². The van der Waals surface area contributed by atoms with Gasteiger partial charge in [0.25, 0.3) is 0 Å². The molecule has 1 aliphatic rings. The molecule has 4 rings (SSSR count). The zero-order chi connectivity index (χ0) is 24.5. The van der Waals surface area contributed by atoms with Crippen LogP contribution < -0.4 is 73.8 Å². The second-order valence-electron chi connectivity index (χ2n) is 7.95. The van der Waals surface area contributed by atoms with Crippen LogP contribution in [0.2, 0.25) is 0 Å². The number of aryl methyl sites for hydroxylation is 2. The van der Waals surface area contributed by atoms with Crippen molar-refractivity contribution in [1.29, 1.82) is 0 Å². The van der Waals surface area contributed by atoms with Crippen molar-refractivity contribution in [3.8, 4) is 0 Å². The second-order valence-corrected chi connectivity index (χ2v) is 9.11. The van der Waals surface area contributed by atoms with Crippen molar-refractivity contribution in [3.05, 3.63) is 65.1 Å². The molecule has 3 aromatic rings. The molecule has 36 heavy (non-hydrogen) atoms. The van der Waals surface area contributed by atoms with Gasteiger partial charge in [-0.15, -0.1) is 0 Å². The Labute approximate surface area is 252 Å². The molecule has 0 fully saturated rings. The number of rotatable bonds is 7. The summed E-state index contributed by atoms with van der Waals surface area (Å²) in [5, 5.41) is 1.01. The van der Waals surface area contributed by atoms with Crippen molar-refractivity contribution in [2.45, 2.75) is 26.3 Å². The van der Waals surface area contributed by atoms with Gasteiger partial charge in [-0.1, -0.05) is 18.2 Å². The van der Waals surface area contributed by atoms with Crippen LogP contribution in [0.5, 0.6) is 0 Å². The van der Waals surface area contributed by atoms with Crippen molar-refractivity contribution in [1.82, 2.24) is 9.88 Å². The summed E-state index contributed by atoms with van der Waals surface area (Å²) in [6.45, 7) is 1.55. The summed E-state index contributed by atoms with van der Waals surface area (Å²) in [4.78, 5) is 53.1. The maximum atomic E-state index is 12.6. The number of fused-ring (bicyclic) bond motifs is 2. The first kappa shape index (κ1) is 30.9. The van der Waals surface area contributed by atoms with Crippen LogP contribution in [0, 0.1) is 6.92 Å². The van der Waals surface area contributed by atoms with E-state index in [1.54, 1.807) is 19.2 Å². The van der Waals surface area contributed by atoms with Crippen LogP contribution in [-0.4, -0.2) is 35.5 Å². The van der Waals surface area contributed by atoms with E-state index >= 15 is 0 Å². The summed E-state index contributed by atoms with van der Waals surface area (Å²) >= 11 is 0. The van der Waals surface area contributed by atoms with Gasteiger partial charge >= 0.3 is 59.1 Å². The third-order valence-electron chi connectivity index (χ3n) is 5.59. The first-order valence-electron chi connectivity index (χ1n) is 10.5. The first-order valence-corrected chi connectivity index (χ1v) is 11.9. The molecular formula is C23H22N3Na2O7P. The largest absolute Gasteiger partial charge is 1.00 e. The smallest absolute Gasteiger partial charge is 0.790 e. The number of nitrogens with zero attached hydrogens (tertiary/aromatic N) is 3. The Balaban J connectivity index is 0.00000228. The number of carbonyl (C=O) groups excluding carboxylic acids is 2. The summed E-state index contributed by atoms with van der Waals surface area (Å²) in [5.41, 5.74) is 3.08. The monoisotopic (exact) mass is 529 g/mol. The Morgan fingerprint density at radius 2 is 2.00 bits per heavy atom. The topological polar surface area (TPSA) is 139 Å². The van der Waals surface area contributed by atoms with Crippen LogP contribution in [-0.2, 0) is 31.6 Å². The zero-order valence-electron chi connectivity index (χ0n) is 20.6. The van der Waals surface area contributed by atoms with Crippen LogP contribution in [0.4, 0.5) is 5.82 Å². The number of hydrogen-bond acceptors (Lipinski definition) is 8.